The lowest BCUT2D eigenvalue weighted by atomic mass is 10.0. The molecule has 94 valence electrons. The molecule has 1 heterocycles. The highest BCUT2D eigenvalue weighted by Gasteiger charge is 2.12. The summed E-state index contributed by atoms with van der Waals surface area (Å²) in [4.78, 5) is 15.7. The molecule has 0 aliphatic carbocycles. The van der Waals surface area contributed by atoms with E-state index in [2.05, 4.69) is 4.98 Å². The minimum absolute atomic E-state index is 0.0267. The van der Waals surface area contributed by atoms with E-state index >= 15 is 0 Å². The summed E-state index contributed by atoms with van der Waals surface area (Å²) in [5.41, 5.74) is 9.21. The van der Waals surface area contributed by atoms with Crippen molar-refractivity contribution in [1.82, 2.24) is 4.98 Å². The maximum atomic E-state index is 12.6. The molecule has 1 aromatic heterocycles. The van der Waals surface area contributed by atoms with Crippen LogP contribution in [0, 0.1) is 6.92 Å². The van der Waals surface area contributed by atoms with Gasteiger partial charge in [0, 0.05) is 5.39 Å². The number of fused-ring (bicyclic) bond motifs is 1. The lowest BCUT2D eigenvalue weighted by Crippen LogP contribution is -2.11. The molecule has 0 aliphatic heterocycles. The van der Waals surface area contributed by atoms with E-state index < -0.39 is 0 Å². The lowest BCUT2D eigenvalue weighted by Gasteiger charge is -2.09. The highest BCUT2D eigenvalue weighted by Crippen LogP contribution is 2.24. The number of pyridine rings is 1. The van der Waals surface area contributed by atoms with Crippen LogP contribution in [0.5, 0.6) is 0 Å². The summed E-state index contributed by atoms with van der Waals surface area (Å²) in [5.74, 6) is 0.415. The third kappa shape index (κ3) is 1.80. The first-order chi connectivity index (χ1) is 9.18. The van der Waals surface area contributed by atoms with E-state index in [1.807, 2.05) is 55.5 Å². The van der Waals surface area contributed by atoms with Crippen LogP contribution in [0.2, 0.25) is 0 Å². The van der Waals surface area contributed by atoms with Gasteiger partial charge in [-0.15, -0.1) is 0 Å². The topological polar surface area (TPSA) is 58.9 Å². The zero-order valence-electron chi connectivity index (χ0n) is 10.6. The molecule has 0 spiro atoms. The van der Waals surface area contributed by atoms with E-state index in [0.717, 1.165) is 16.6 Å². The number of para-hydroxylation sites is 1. The normalized spacial score (nSPS) is 10.8. The van der Waals surface area contributed by atoms with Crippen LogP contribution in [0.4, 0.5) is 5.82 Å². The molecular formula is C16H14N2O. The Morgan fingerprint density at radius 3 is 2.47 bits per heavy atom. The Labute approximate surface area is 110 Å². The fourth-order valence-corrected chi connectivity index (χ4v) is 2.37. The second-order valence-corrected chi connectivity index (χ2v) is 4.61. The van der Waals surface area contributed by atoms with E-state index in [4.69, 9.17) is 5.73 Å². The molecule has 0 saturated heterocycles. The maximum Gasteiger partial charge on any atom is 0.199 e. The highest BCUT2D eigenvalue weighted by atomic mass is 16.1. The molecule has 3 rings (SSSR count). The molecule has 3 aromatic rings. The second-order valence-electron chi connectivity index (χ2n) is 4.61. The number of aromatic nitrogens is 1. The number of hydrogen-bond acceptors (Lipinski definition) is 2. The zero-order valence-corrected chi connectivity index (χ0v) is 10.6. The number of aryl methyl sites for hydroxylation is 1. The van der Waals surface area contributed by atoms with Crippen LogP contribution in [0.3, 0.4) is 0 Å². The largest absolute Gasteiger partial charge is 0.385 e. The molecule has 3 N–H and O–H groups in total. The Morgan fingerprint density at radius 2 is 1.74 bits per heavy atom. The van der Waals surface area contributed by atoms with Crippen LogP contribution in [-0.4, -0.2) is 4.98 Å². The molecule has 3 nitrogen and oxygen atoms in total. The fraction of sp³-hybridized carbons (Fsp3) is 0.0625. The molecule has 0 radical (unpaired) electrons. The summed E-state index contributed by atoms with van der Waals surface area (Å²) in [7, 11) is 0. The van der Waals surface area contributed by atoms with Gasteiger partial charge >= 0.3 is 0 Å². The van der Waals surface area contributed by atoms with Crippen molar-refractivity contribution in [2.45, 2.75) is 6.92 Å². The van der Waals surface area contributed by atoms with E-state index in [1.54, 1.807) is 0 Å². The summed E-state index contributed by atoms with van der Waals surface area (Å²) < 4.78 is 0. The van der Waals surface area contributed by atoms with Gasteiger partial charge in [0.2, 0.25) is 0 Å². The molecule has 0 amide bonds. The first-order valence-corrected chi connectivity index (χ1v) is 6.15. The minimum atomic E-state index is -0.0267. The van der Waals surface area contributed by atoms with Crippen molar-refractivity contribution in [3.05, 3.63) is 64.3 Å². The molecule has 0 saturated carbocycles. The predicted molar refractivity (Wildman–Crippen MR) is 79.2 cm³/mol. The zero-order chi connectivity index (χ0) is 13.4. The van der Waals surface area contributed by atoms with Gasteiger partial charge in [-0.25, -0.2) is 0 Å². The Bertz CT molecular complexity index is 804. The van der Waals surface area contributed by atoms with Crippen LogP contribution < -0.4 is 11.2 Å². The minimum Gasteiger partial charge on any atom is -0.385 e. The third-order valence-corrected chi connectivity index (χ3v) is 3.34. The first kappa shape index (κ1) is 11.5. The number of nitrogens with one attached hydrogen (secondary N) is 1. The van der Waals surface area contributed by atoms with E-state index in [9.17, 15) is 4.79 Å². The van der Waals surface area contributed by atoms with Crippen LogP contribution in [0.25, 0.3) is 22.0 Å². The number of rotatable bonds is 1. The van der Waals surface area contributed by atoms with Gasteiger partial charge in [0.05, 0.1) is 11.1 Å². The number of benzene rings is 2. The van der Waals surface area contributed by atoms with Crippen molar-refractivity contribution in [1.29, 1.82) is 0 Å². The molecular weight excluding hydrogens is 236 g/mol. The highest BCUT2D eigenvalue weighted by molar-refractivity contribution is 5.90. The summed E-state index contributed by atoms with van der Waals surface area (Å²) in [6, 6.07) is 15.2. The molecule has 0 fully saturated rings. The summed E-state index contributed by atoms with van der Waals surface area (Å²) in [5, 5.41) is 0.674. The fourth-order valence-electron chi connectivity index (χ4n) is 2.37. The molecule has 0 aliphatic rings. The van der Waals surface area contributed by atoms with Crippen molar-refractivity contribution in [3.63, 3.8) is 0 Å². The first-order valence-electron chi connectivity index (χ1n) is 6.15. The Balaban J connectivity index is 2.43. The summed E-state index contributed by atoms with van der Waals surface area (Å²) >= 11 is 0. The van der Waals surface area contributed by atoms with Crippen LogP contribution >= 0.6 is 0 Å². The summed E-state index contributed by atoms with van der Waals surface area (Å²) in [6.07, 6.45) is 0. The quantitative estimate of drug-likeness (QED) is 0.697. The SMILES string of the molecule is Cc1cccc2c(=O)c(-c3ccccc3)c(N)[nH]c12. The van der Waals surface area contributed by atoms with Gasteiger partial charge in [-0.3, -0.25) is 4.79 Å². The molecule has 0 atom stereocenters. The van der Waals surface area contributed by atoms with Gasteiger partial charge in [-0.05, 0) is 24.1 Å². The maximum absolute atomic E-state index is 12.6. The van der Waals surface area contributed by atoms with Gasteiger partial charge < -0.3 is 10.7 Å². The molecule has 0 unspecified atom stereocenters. The van der Waals surface area contributed by atoms with Gasteiger partial charge in [-0.2, -0.15) is 0 Å². The van der Waals surface area contributed by atoms with E-state index in [1.165, 1.54) is 0 Å². The van der Waals surface area contributed by atoms with E-state index in [-0.39, 0.29) is 5.43 Å². The predicted octanol–water partition coefficient (Wildman–Crippen LogP) is 3.09. The average Bonchev–Trinajstić information content (AvgIpc) is 2.41. The monoisotopic (exact) mass is 250 g/mol. The van der Waals surface area contributed by atoms with Crippen LogP contribution in [-0.2, 0) is 0 Å². The Morgan fingerprint density at radius 1 is 1.00 bits per heavy atom. The van der Waals surface area contributed by atoms with Crippen molar-refractivity contribution >= 4 is 16.7 Å². The van der Waals surface area contributed by atoms with Gasteiger partial charge in [0.1, 0.15) is 5.82 Å². The number of H-pyrrole nitrogens is 1. The number of nitrogen functional groups attached to an aromatic ring is 1. The van der Waals surface area contributed by atoms with Crippen LogP contribution in [0.15, 0.2) is 53.3 Å². The second kappa shape index (κ2) is 4.28. The molecule has 2 aromatic carbocycles. The van der Waals surface area contributed by atoms with Crippen molar-refractivity contribution < 1.29 is 0 Å². The number of nitrogens with two attached hydrogens (primary N) is 1. The van der Waals surface area contributed by atoms with Crippen molar-refractivity contribution in [2.24, 2.45) is 0 Å². The molecule has 3 heteroatoms. The molecule has 0 bridgehead atoms. The average molecular weight is 250 g/mol. The smallest absolute Gasteiger partial charge is 0.199 e. The lowest BCUT2D eigenvalue weighted by molar-refractivity contribution is 1.35. The third-order valence-electron chi connectivity index (χ3n) is 3.34. The van der Waals surface area contributed by atoms with Gasteiger partial charge in [0.15, 0.2) is 5.43 Å². The number of hydrogen-bond donors (Lipinski definition) is 2. The number of anilines is 1. The molecule has 19 heavy (non-hydrogen) atoms. The van der Waals surface area contributed by atoms with Crippen molar-refractivity contribution in [2.75, 3.05) is 5.73 Å². The summed E-state index contributed by atoms with van der Waals surface area (Å²) in [6.45, 7) is 1.96. The Hall–Kier alpha value is -2.55. The van der Waals surface area contributed by atoms with Gasteiger partial charge in [0.25, 0.3) is 0 Å². The van der Waals surface area contributed by atoms with E-state index in [0.29, 0.717) is 16.8 Å². The van der Waals surface area contributed by atoms with Gasteiger partial charge in [-0.1, -0.05) is 42.5 Å². The van der Waals surface area contributed by atoms with Crippen LogP contribution in [0.1, 0.15) is 5.56 Å². The number of aromatic amines is 1. The van der Waals surface area contributed by atoms with Crippen molar-refractivity contribution in [3.8, 4) is 11.1 Å². The standard InChI is InChI=1S/C16H14N2O/c1-10-6-5-9-12-14(10)18-16(17)13(15(12)19)11-7-3-2-4-8-11/h2-9H,1H3,(H3,17,18,19). The Kier molecular flexibility index (Phi) is 2.60.